The number of alkyl carbamates (subject to hydrolysis) is 1. The zero-order valence-electron chi connectivity index (χ0n) is 11.5. The second-order valence-corrected chi connectivity index (χ2v) is 4.87. The minimum atomic E-state index is -0.674. The van der Waals surface area contributed by atoms with Crippen molar-refractivity contribution in [2.75, 3.05) is 7.11 Å². The average molecular weight is 245 g/mol. The number of nitrogens with one attached hydrogen (secondary N) is 1. The smallest absolute Gasteiger partial charge is 0.407 e. The number of Topliss-reactive ketones (excluding diaryl/α,β-unsaturated/α-hetero) is 1. The Morgan fingerprint density at radius 1 is 1.29 bits per heavy atom. The maximum atomic E-state index is 11.7. The summed E-state index contributed by atoms with van der Waals surface area (Å²) in [4.78, 5) is 22.9. The van der Waals surface area contributed by atoms with Crippen LogP contribution in [0.5, 0.6) is 0 Å². The Morgan fingerprint density at radius 2 is 1.82 bits per heavy atom. The zero-order valence-corrected chi connectivity index (χ0v) is 11.5. The van der Waals surface area contributed by atoms with E-state index in [-0.39, 0.29) is 11.4 Å². The number of methoxy groups -OCH3 is 1. The molecule has 0 aliphatic carbocycles. The fraction of sp³-hybridized carbons (Fsp3) is 0.833. The van der Waals surface area contributed by atoms with E-state index in [1.165, 1.54) is 7.11 Å². The minimum absolute atomic E-state index is 0.0767. The van der Waals surface area contributed by atoms with Crippen LogP contribution in [0.3, 0.4) is 0 Å². The van der Waals surface area contributed by atoms with Gasteiger partial charge in [-0.1, -0.05) is 6.92 Å². The molecule has 0 aromatic carbocycles. The topological polar surface area (TPSA) is 64.6 Å². The van der Waals surface area contributed by atoms with Gasteiger partial charge >= 0.3 is 6.09 Å². The largest absolute Gasteiger partial charge is 0.453 e. The van der Waals surface area contributed by atoms with Crippen molar-refractivity contribution in [3.8, 4) is 0 Å². The SMILES string of the molecule is CCC(=O)[C@@H](NC(=O)OC)[C@@H](C)OC(C)(C)C. The molecule has 0 spiro atoms. The summed E-state index contributed by atoms with van der Waals surface area (Å²) in [5.74, 6) is -0.0767. The third-order valence-electron chi connectivity index (χ3n) is 2.16. The summed E-state index contributed by atoms with van der Waals surface area (Å²) in [5.41, 5.74) is -0.372. The first-order chi connectivity index (χ1) is 7.71. The lowest BCUT2D eigenvalue weighted by Crippen LogP contribution is -2.50. The molecule has 0 heterocycles. The standard InChI is InChI=1S/C12H23NO4/c1-7-9(14)10(13-11(15)16-6)8(2)17-12(3,4)5/h8,10H,7H2,1-6H3,(H,13,15)/t8-,10+/m1/s1. The number of ketones is 1. The first kappa shape index (κ1) is 15.9. The first-order valence-corrected chi connectivity index (χ1v) is 5.76. The second kappa shape index (κ2) is 6.59. The Balaban J connectivity index is 4.68. The number of carbonyl (C=O) groups is 2. The van der Waals surface area contributed by atoms with E-state index >= 15 is 0 Å². The molecule has 0 aliphatic heterocycles. The van der Waals surface area contributed by atoms with Crippen LogP contribution >= 0.6 is 0 Å². The van der Waals surface area contributed by atoms with Gasteiger partial charge in [0.2, 0.25) is 0 Å². The highest BCUT2D eigenvalue weighted by atomic mass is 16.5. The summed E-state index contributed by atoms with van der Waals surface area (Å²) in [6.07, 6.45) is -0.685. The van der Waals surface area contributed by atoms with Crippen LogP contribution in [0.4, 0.5) is 4.79 Å². The monoisotopic (exact) mass is 245 g/mol. The van der Waals surface area contributed by atoms with Crippen LogP contribution in [0.1, 0.15) is 41.0 Å². The zero-order chi connectivity index (χ0) is 13.6. The molecule has 0 rings (SSSR count). The quantitative estimate of drug-likeness (QED) is 0.803. The number of carbonyl (C=O) groups excluding carboxylic acids is 2. The third kappa shape index (κ3) is 6.26. The Bertz CT molecular complexity index is 270. The van der Waals surface area contributed by atoms with E-state index in [0.717, 1.165) is 0 Å². The molecule has 17 heavy (non-hydrogen) atoms. The van der Waals surface area contributed by atoms with E-state index in [1.807, 2.05) is 20.8 Å². The summed E-state index contributed by atoms with van der Waals surface area (Å²) in [6, 6.07) is -0.674. The van der Waals surface area contributed by atoms with Crippen molar-refractivity contribution in [2.24, 2.45) is 0 Å². The van der Waals surface area contributed by atoms with E-state index in [2.05, 4.69) is 10.1 Å². The van der Waals surface area contributed by atoms with Gasteiger partial charge in [-0.15, -0.1) is 0 Å². The summed E-state index contributed by atoms with van der Waals surface area (Å²) < 4.78 is 10.2. The molecular formula is C12H23NO4. The fourth-order valence-corrected chi connectivity index (χ4v) is 1.49. The predicted octanol–water partition coefficient (Wildman–Crippen LogP) is 1.89. The highest BCUT2D eigenvalue weighted by molar-refractivity contribution is 5.87. The number of rotatable bonds is 5. The second-order valence-electron chi connectivity index (χ2n) is 4.87. The summed E-state index contributed by atoms with van der Waals surface area (Å²) >= 11 is 0. The van der Waals surface area contributed by atoms with Gasteiger partial charge in [-0.3, -0.25) is 4.79 Å². The molecule has 1 N–H and O–H groups in total. The fourth-order valence-electron chi connectivity index (χ4n) is 1.49. The molecule has 0 fully saturated rings. The Morgan fingerprint density at radius 3 is 2.18 bits per heavy atom. The van der Waals surface area contributed by atoms with Crippen LogP contribution < -0.4 is 5.32 Å². The van der Waals surface area contributed by atoms with Gasteiger partial charge in [0.1, 0.15) is 6.04 Å². The molecular weight excluding hydrogens is 222 g/mol. The van der Waals surface area contributed by atoms with Crippen molar-refractivity contribution in [3.05, 3.63) is 0 Å². The lowest BCUT2D eigenvalue weighted by Gasteiger charge is -2.30. The molecule has 1 amide bonds. The molecule has 100 valence electrons. The van der Waals surface area contributed by atoms with E-state index < -0.39 is 18.2 Å². The Kier molecular flexibility index (Phi) is 6.16. The van der Waals surface area contributed by atoms with Crippen molar-refractivity contribution in [1.82, 2.24) is 5.32 Å². The highest BCUT2D eigenvalue weighted by Gasteiger charge is 2.29. The maximum Gasteiger partial charge on any atom is 0.407 e. The maximum absolute atomic E-state index is 11.7. The molecule has 0 bridgehead atoms. The first-order valence-electron chi connectivity index (χ1n) is 5.76. The van der Waals surface area contributed by atoms with Gasteiger partial charge in [0.25, 0.3) is 0 Å². The van der Waals surface area contributed by atoms with Gasteiger partial charge in [0.05, 0.1) is 18.8 Å². The van der Waals surface area contributed by atoms with Gasteiger partial charge in [-0.05, 0) is 27.7 Å². The summed E-state index contributed by atoms with van der Waals surface area (Å²) in [5, 5.41) is 2.50. The predicted molar refractivity (Wildman–Crippen MR) is 64.9 cm³/mol. The van der Waals surface area contributed by atoms with Crippen LogP contribution in [0.2, 0.25) is 0 Å². The molecule has 0 saturated carbocycles. The highest BCUT2D eigenvalue weighted by Crippen LogP contribution is 2.14. The third-order valence-corrected chi connectivity index (χ3v) is 2.16. The molecule has 0 saturated heterocycles. The molecule has 0 unspecified atom stereocenters. The summed E-state index contributed by atoms with van der Waals surface area (Å²) in [6.45, 7) is 9.21. The van der Waals surface area contributed by atoms with Crippen molar-refractivity contribution < 1.29 is 19.1 Å². The lowest BCUT2D eigenvalue weighted by molar-refractivity contribution is -0.128. The van der Waals surface area contributed by atoms with Crippen molar-refractivity contribution >= 4 is 11.9 Å². The van der Waals surface area contributed by atoms with Gasteiger partial charge in [0, 0.05) is 6.42 Å². The van der Waals surface area contributed by atoms with Gasteiger partial charge < -0.3 is 14.8 Å². The molecule has 0 aromatic rings. The molecule has 5 nitrogen and oxygen atoms in total. The van der Waals surface area contributed by atoms with E-state index in [4.69, 9.17) is 4.74 Å². The Hall–Kier alpha value is -1.10. The van der Waals surface area contributed by atoms with Crippen LogP contribution in [0, 0.1) is 0 Å². The van der Waals surface area contributed by atoms with E-state index in [9.17, 15) is 9.59 Å². The number of hydrogen-bond donors (Lipinski definition) is 1. The van der Waals surface area contributed by atoms with Crippen LogP contribution in [0.25, 0.3) is 0 Å². The molecule has 0 radical (unpaired) electrons. The molecule has 2 atom stereocenters. The average Bonchev–Trinajstić information content (AvgIpc) is 2.21. The Labute approximate surface area is 103 Å². The number of amides is 1. The minimum Gasteiger partial charge on any atom is -0.453 e. The normalized spacial score (nSPS) is 14.9. The van der Waals surface area contributed by atoms with Crippen molar-refractivity contribution in [2.45, 2.75) is 58.8 Å². The van der Waals surface area contributed by atoms with Crippen molar-refractivity contribution in [1.29, 1.82) is 0 Å². The van der Waals surface area contributed by atoms with Crippen LogP contribution in [-0.2, 0) is 14.3 Å². The molecule has 5 heteroatoms. The van der Waals surface area contributed by atoms with Gasteiger partial charge in [0.15, 0.2) is 5.78 Å². The van der Waals surface area contributed by atoms with Crippen LogP contribution in [0.15, 0.2) is 0 Å². The number of hydrogen-bond acceptors (Lipinski definition) is 4. The van der Waals surface area contributed by atoms with Crippen molar-refractivity contribution in [3.63, 3.8) is 0 Å². The number of ether oxygens (including phenoxy) is 2. The lowest BCUT2D eigenvalue weighted by atomic mass is 10.0. The molecule has 0 aliphatic rings. The van der Waals surface area contributed by atoms with E-state index in [0.29, 0.717) is 6.42 Å². The summed E-state index contributed by atoms with van der Waals surface area (Å²) in [7, 11) is 1.26. The van der Waals surface area contributed by atoms with Crippen LogP contribution in [-0.4, -0.2) is 36.7 Å². The van der Waals surface area contributed by atoms with Gasteiger partial charge in [-0.2, -0.15) is 0 Å². The van der Waals surface area contributed by atoms with E-state index in [1.54, 1.807) is 13.8 Å². The van der Waals surface area contributed by atoms with Gasteiger partial charge in [-0.25, -0.2) is 4.79 Å². The molecule has 0 aromatic heterocycles.